The van der Waals surface area contributed by atoms with Crippen molar-refractivity contribution in [3.8, 4) is 0 Å². The minimum atomic E-state index is 0.915. The van der Waals surface area contributed by atoms with E-state index in [2.05, 4.69) is 25.1 Å². The summed E-state index contributed by atoms with van der Waals surface area (Å²) in [5.74, 6) is 0. The average molecular weight is 161 g/mol. The van der Waals surface area contributed by atoms with Gasteiger partial charge in [-0.25, -0.2) is 0 Å². The van der Waals surface area contributed by atoms with E-state index >= 15 is 0 Å². The third kappa shape index (κ3) is 0.843. The Bertz CT molecular complexity index is 429. The Morgan fingerprint density at radius 2 is 1.92 bits per heavy atom. The van der Waals surface area contributed by atoms with E-state index in [4.69, 9.17) is 4.52 Å². The summed E-state index contributed by atoms with van der Waals surface area (Å²) < 4.78 is 5.13. The molecule has 2 heteroatoms. The summed E-state index contributed by atoms with van der Waals surface area (Å²) in [5, 5.41) is 4.92. The Morgan fingerprint density at radius 3 is 2.67 bits per heavy atom. The van der Waals surface area contributed by atoms with Crippen molar-refractivity contribution < 1.29 is 4.52 Å². The molecule has 2 aromatic rings. The second-order valence-electron chi connectivity index (χ2n) is 3.20. The van der Waals surface area contributed by atoms with Gasteiger partial charge in [-0.1, -0.05) is 11.2 Å². The SMILES string of the molecule is Cc1cc(C)c2oncc2c1C. The highest BCUT2D eigenvalue weighted by molar-refractivity contribution is 5.83. The quantitative estimate of drug-likeness (QED) is 0.593. The first-order valence-electron chi connectivity index (χ1n) is 4.01. The molecule has 0 aliphatic heterocycles. The molecule has 2 nitrogen and oxygen atoms in total. The lowest BCUT2D eigenvalue weighted by Gasteiger charge is -2.01. The van der Waals surface area contributed by atoms with Crippen LogP contribution < -0.4 is 0 Å². The van der Waals surface area contributed by atoms with Crippen molar-refractivity contribution in [2.75, 3.05) is 0 Å². The van der Waals surface area contributed by atoms with Gasteiger partial charge in [0.1, 0.15) is 0 Å². The monoisotopic (exact) mass is 161 g/mol. The van der Waals surface area contributed by atoms with E-state index in [-0.39, 0.29) is 0 Å². The Labute approximate surface area is 71.2 Å². The van der Waals surface area contributed by atoms with Gasteiger partial charge >= 0.3 is 0 Å². The Morgan fingerprint density at radius 1 is 1.17 bits per heavy atom. The maximum atomic E-state index is 5.13. The van der Waals surface area contributed by atoms with E-state index < -0.39 is 0 Å². The molecule has 0 bridgehead atoms. The van der Waals surface area contributed by atoms with Gasteiger partial charge in [0.2, 0.25) is 0 Å². The van der Waals surface area contributed by atoms with Gasteiger partial charge in [-0.3, -0.25) is 0 Å². The lowest BCUT2D eigenvalue weighted by atomic mass is 10.0. The van der Waals surface area contributed by atoms with Crippen molar-refractivity contribution in [3.63, 3.8) is 0 Å². The van der Waals surface area contributed by atoms with Crippen LogP contribution in [0.15, 0.2) is 16.8 Å². The molecule has 0 aliphatic carbocycles. The molecule has 0 aliphatic rings. The lowest BCUT2D eigenvalue weighted by molar-refractivity contribution is 0.455. The van der Waals surface area contributed by atoms with E-state index in [0.29, 0.717) is 0 Å². The zero-order chi connectivity index (χ0) is 8.72. The minimum absolute atomic E-state index is 0.915. The highest BCUT2D eigenvalue weighted by Gasteiger charge is 2.06. The molecule has 1 aromatic heterocycles. The fourth-order valence-corrected chi connectivity index (χ4v) is 1.50. The fourth-order valence-electron chi connectivity index (χ4n) is 1.50. The second-order valence-corrected chi connectivity index (χ2v) is 3.20. The van der Waals surface area contributed by atoms with Crippen molar-refractivity contribution in [3.05, 3.63) is 29.0 Å². The smallest absolute Gasteiger partial charge is 0.170 e. The Hall–Kier alpha value is -1.31. The molecule has 0 saturated heterocycles. The number of fused-ring (bicyclic) bond motifs is 1. The van der Waals surface area contributed by atoms with Crippen LogP contribution in [0.3, 0.4) is 0 Å². The topological polar surface area (TPSA) is 26.0 Å². The molecule has 0 fully saturated rings. The summed E-state index contributed by atoms with van der Waals surface area (Å²) in [5.41, 5.74) is 4.63. The summed E-state index contributed by atoms with van der Waals surface area (Å²) in [6, 6.07) is 2.13. The Kier molecular flexibility index (Phi) is 1.43. The van der Waals surface area contributed by atoms with Crippen molar-refractivity contribution in [2.24, 2.45) is 0 Å². The van der Waals surface area contributed by atoms with E-state index in [1.807, 2.05) is 6.92 Å². The molecule has 0 saturated carbocycles. The first kappa shape index (κ1) is 7.35. The number of aromatic nitrogens is 1. The molecular formula is C10H11NO. The number of aryl methyl sites for hydroxylation is 3. The van der Waals surface area contributed by atoms with Crippen LogP contribution in [0, 0.1) is 20.8 Å². The fraction of sp³-hybridized carbons (Fsp3) is 0.300. The predicted octanol–water partition coefficient (Wildman–Crippen LogP) is 2.75. The molecule has 1 aromatic carbocycles. The highest BCUT2D eigenvalue weighted by atomic mass is 16.5. The minimum Gasteiger partial charge on any atom is -0.356 e. The van der Waals surface area contributed by atoms with Gasteiger partial charge in [0.15, 0.2) is 5.58 Å². The molecule has 0 N–H and O–H groups in total. The van der Waals surface area contributed by atoms with Gasteiger partial charge in [-0.2, -0.15) is 0 Å². The molecule has 0 spiro atoms. The van der Waals surface area contributed by atoms with Crippen LogP contribution >= 0.6 is 0 Å². The highest BCUT2D eigenvalue weighted by Crippen LogP contribution is 2.24. The van der Waals surface area contributed by atoms with Crippen molar-refractivity contribution in [1.29, 1.82) is 0 Å². The number of benzene rings is 1. The molecule has 62 valence electrons. The first-order chi connectivity index (χ1) is 5.70. The maximum Gasteiger partial charge on any atom is 0.170 e. The molecule has 1 heterocycles. The molecule has 0 radical (unpaired) electrons. The van der Waals surface area contributed by atoms with Crippen LogP contribution in [0.2, 0.25) is 0 Å². The van der Waals surface area contributed by atoms with Gasteiger partial charge in [0.25, 0.3) is 0 Å². The van der Waals surface area contributed by atoms with Gasteiger partial charge in [-0.15, -0.1) is 0 Å². The molecule has 2 rings (SSSR count). The van der Waals surface area contributed by atoms with Crippen LogP contribution in [0.4, 0.5) is 0 Å². The van der Waals surface area contributed by atoms with Crippen LogP contribution in [0.25, 0.3) is 11.0 Å². The summed E-state index contributed by atoms with van der Waals surface area (Å²) >= 11 is 0. The van der Waals surface area contributed by atoms with E-state index in [1.165, 1.54) is 11.1 Å². The summed E-state index contributed by atoms with van der Waals surface area (Å²) in [6.07, 6.45) is 1.78. The van der Waals surface area contributed by atoms with Crippen LogP contribution in [-0.4, -0.2) is 5.16 Å². The Balaban J connectivity index is 2.97. The maximum absolute atomic E-state index is 5.13. The zero-order valence-corrected chi connectivity index (χ0v) is 7.51. The van der Waals surface area contributed by atoms with Gasteiger partial charge in [-0.05, 0) is 37.5 Å². The second kappa shape index (κ2) is 2.34. The largest absolute Gasteiger partial charge is 0.356 e. The molecule has 0 unspecified atom stereocenters. The molecular weight excluding hydrogens is 150 g/mol. The van der Waals surface area contributed by atoms with Crippen LogP contribution in [-0.2, 0) is 0 Å². The first-order valence-corrected chi connectivity index (χ1v) is 4.01. The normalized spacial score (nSPS) is 10.9. The van der Waals surface area contributed by atoms with Crippen molar-refractivity contribution in [2.45, 2.75) is 20.8 Å². The number of hydrogen-bond donors (Lipinski definition) is 0. The number of rotatable bonds is 0. The van der Waals surface area contributed by atoms with E-state index in [9.17, 15) is 0 Å². The van der Waals surface area contributed by atoms with E-state index in [0.717, 1.165) is 16.5 Å². The van der Waals surface area contributed by atoms with Gasteiger partial charge in [0, 0.05) is 5.39 Å². The third-order valence-electron chi connectivity index (χ3n) is 2.36. The average Bonchev–Trinajstić information content (AvgIpc) is 2.48. The van der Waals surface area contributed by atoms with Crippen LogP contribution in [0.1, 0.15) is 16.7 Å². The number of hydrogen-bond acceptors (Lipinski definition) is 2. The molecule has 0 amide bonds. The molecule has 0 atom stereocenters. The summed E-state index contributed by atoms with van der Waals surface area (Å²) in [7, 11) is 0. The van der Waals surface area contributed by atoms with Crippen molar-refractivity contribution in [1.82, 2.24) is 5.16 Å². The zero-order valence-electron chi connectivity index (χ0n) is 7.51. The lowest BCUT2D eigenvalue weighted by Crippen LogP contribution is -1.83. The number of nitrogens with zero attached hydrogens (tertiary/aromatic N) is 1. The standard InChI is InChI=1S/C10H11NO/c1-6-4-7(2)10-9(8(6)3)5-11-12-10/h4-5H,1-3H3. The van der Waals surface area contributed by atoms with Gasteiger partial charge < -0.3 is 4.52 Å². The van der Waals surface area contributed by atoms with E-state index in [1.54, 1.807) is 6.20 Å². The van der Waals surface area contributed by atoms with Crippen LogP contribution in [0.5, 0.6) is 0 Å². The summed E-state index contributed by atoms with van der Waals surface area (Å²) in [4.78, 5) is 0. The predicted molar refractivity (Wildman–Crippen MR) is 48.2 cm³/mol. The van der Waals surface area contributed by atoms with Gasteiger partial charge in [0.05, 0.1) is 6.20 Å². The summed E-state index contributed by atoms with van der Waals surface area (Å²) in [6.45, 7) is 6.24. The molecule has 12 heavy (non-hydrogen) atoms. The third-order valence-corrected chi connectivity index (χ3v) is 2.36. The van der Waals surface area contributed by atoms with Crippen molar-refractivity contribution >= 4 is 11.0 Å².